The Bertz CT molecular complexity index is 1120. The van der Waals surface area contributed by atoms with Gasteiger partial charge in [-0.15, -0.1) is 0 Å². The van der Waals surface area contributed by atoms with E-state index < -0.39 is 0 Å². The number of nitrogens with zero attached hydrogens (tertiary/aromatic N) is 2. The van der Waals surface area contributed by atoms with Gasteiger partial charge in [0.05, 0.1) is 31.8 Å². The topological polar surface area (TPSA) is 48.3 Å². The first kappa shape index (κ1) is 18.8. The van der Waals surface area contributed by atoms with Gasteiger partial charge in [0, 0.05) is 6.54 Å². The molecule has 0 aliphatic heterocycles. The van der Waals surface area contributed by atoms with E-state index >= 15 is 0 Å². The largest absolute Gasteiger partial charge is 0.493 e. The highest BCUT2D eigenvalue weighted by Gasteiger charge is 2.12. The lowest BCUT2D eigenvalue weighted by molar-refractivity contribution is 0.354. The summed E-state index contributed by atoms with van der Waals surface area (Å²) in [6.45, 7) is 1.17. The number of hydrogen-bond donors (Lipinski definition) is 1. The third kappa shape index (κ3) is 4.01. The smallest absolute Gasteiger partial charge is 0.204 e. The molecular weight excluding hydrogens is 369 g/mol. The van der Waals surface area contributed by atoms with Gasteiger partial charge in [0.1, 0.15) is 5.82 Å². The fourth-order valence-electron chi connectivity index (χ4n) is 3.31. The van der Waals surface area contributed by atoms with E-state index in [4.69, 9.17) is 14.5 Å². The van der Waals surface area contributed by atoms with Gasteiger partial charge in [-0.2, -0.15) is 0 Å². The van der Waals surface area contributed by atoms with Crippen molar-refractivity contribution < 1.29 is 13.9 Å². The first-order valence-electron chi connectivity index (χ1n) is 9.32. The van der Waals surface area contributed by atoms with E-state index in [2.05, 4.69) is 9.88 Å². The highest BCUT2D eigenvalue weighted by molar-refractivity contribution is 5.78. The monoisotopic (exact) mass is 391 g/mol. The molecule has 0 aliphatic rings. The van der Waals surface area contributed by atoms with Crippen LogP contribution in [0.5, 0.6) is 11.5 Å². The summed E-state index contributed by atoms with van der Waals surface area (Å²) in [6.07, 6.45) is 0. The molecule has 148 valence electrons. The SMILES string of the molecule is COc1ccc(CNc2nc3ccccc3n2Cc2ccc(F)cc2)cc1OC. The van der Waals surface area contributed by atoms with Crippen molar-refractivity contribution in [3.05, 3.63) is 83.7 Å². The van der Waals surface area contributed by atoms with Gasteiger partial charge in [0.25, 0.3) is 0 Å². The zero-order valence-corrected chi connectivity index (χ0v) is 16.4. The minimum atomic E-state index is -0.240. The molecule has 0 bridgehead atoms. The number of hydrogen-bond acceptors (Lipinski definition) is 4. The molecule has 0 radical (unpaired) electrons. The van der Waals surface area contributed by atoms with Crippen LogP contribution in [0.3, 0.4) is 0 Å². The Labute approximate surface area is 168 Å². The van der Waals surface area contributed by atoms with E-state index in [-0.39, 0.29) is 5.82 Å². The number of ether oxygens (including phenoxy) is 2. The van der Waals surface area contributed by atoms with Crippen LogP contribution in [0.15, 0.2) is 66.7 Å². The van der Waals surface area contributed by atoms with Crippen LogP contribution in [0, 0.1) is 5.82 Å². The molecule has 0 unspecified atom stereocenters. The summed E-state index contributed by atoms with van der Waals surface area (Å²) >= 11 is 0. The summed E-state index contributed by atoms with van der Waals surface area (Å²) in [7, 11) is 3.24. The van der Waals surface area contributed by atoms with Crippen LogP contribution in [-0.4, -0.2) is 23.8 Å². The highest BCUT2D eigenvalue weighted by atomic mass is 19.1. The van der Waals surface area contributed by atoms with Crippen LogP contribution in [0.4, 0.5) is 10.3 Å². The Morgan fingerprint density at radius 2 is 1.62 bits per heavy atom. The van der Waals surface area contributed by atoms with E-state index in [9.17, 15) is 4.39 Å². The summed E-state index contributed by atoms with van der Waals surface area (Å²) in [5.74, 6) is 1.90. The lowest BCUT2D eigenvalue weighted by Crippen LogP contribution is -2.09. The number of fused-ring (bicyclic) bond motifs is 1. The molecule has 0 spiro atoms. The number of imidazole rings is 1. The number of aromatic nitrogens is 2. The van der Waals surface area contributed by atoms with E-state index in [1.54, 1.807) is 26.4 Å². The number of anilines is 1. The molecule has 4 rings (SSSR count). The second-order valence-electron chi connectivity index (χ2n) is 6.68. The first-order chi connectivity index (χ1) is 14.2. The standard InChI is InChI=1S/C23H22FN3O2/c1-28-21-12-9-17(13-22(21)29-2)14-25-23-26-19-5-3-4-6-20(19)27(23)15-16-7-10-18(24)11-8-16/h3-13H,14-15H2,1-2H3,(H,25,26). The van der Waals surface area contributed by atoms with Gasteiger partial charge in [-0.25, -0.2) is 9.37 Å². The van der Waals surface area contributed by atoms with Crippen molar-refractivity contribution in [2.75, 3.05) is 19.5 Å². The van der Waals surface area contributed by atoms with Crippen LogP contribution in [0.25, 0.3) is 11.0 Å². The maximum Gasteiger partial charge on any atom is 0.204 e. The van der Waals surface area contributed by atoms with Gasteiger partial charge in [-0.3, -0.25) is 0 Å². The Morgan fingerprint density at radius 3 is 2.38 bits per heavy atom. The molecule has 29 heavy (non-hydrogen) atoms. The number of nitrogens with one attached hydrogen (secondary N) is 1. The molecule has 6 heteroatoms. The Kier molecular flexibility index (Phi) is 5.33. The van der Waals surface area contributed by atoms with Crippen molar-refractivity contribution in [3.8, 4) is 11.5 Å². The molecule has 1 aromatic heterocycles. The van der Waals surface area contributed by atoms with Crippen LogP contribution in [0.1, 0.15) is 11.1 Å². The van der Waals surface area contributed by atoms with Crippen LogP contribution in [-0.2, 0) is 13.1 Å². The van der Waals surface area contributed by atoms with Crippen molar-refractivity contribution in [2.24, 2.45) is 0 Å². The Hall–Kier alpha value is -3.54. The fourth-order valence-corrected chi connectivity index (χ4v) is 3.31. The van der Waals surface area contributed by atoms with Gasteiger partial charge >= 0.3 is 0 Å². The Morgan fingerprint density at radius 1 is 0.897 bits per heavy atom. The summed E-state index contributed by atoms with van der Waals surface area (Å²) in [4.78, 5) is 4.74. The summed E-state index contributed by atoms with van der Waals surface area (Å²) in [5.41, 5.74) is 3.97. The van der Waals surface area contributed by atoms with Crippen molar-refractivity contribution in [2.45, 2.75) is 13.1 Å². The minimum absolute atomic E-state index is 0.240. The van der Waals surface area contributed by atoms with Crippen LogP contribution < -0.4 is 14.8 Å². The highest BCUT2D eigenvalue weighted by Crippen LogP contribution is 2.28. The molecule has 1 heterocycles. The van der Waals surface area contributed by atoms with Crippen molar-refractivity contribution in [1.29, 1.82) is 0 Å². The Balaban J connectivity index is 1.62. The summed E-state index contributed by atoms with van der Waals surface area (Å²) in [5, 5.41) is 3.42. The van der Waals surface area contributed by atoms with Crippen LogP contribution >= 0.6 is 0 Å². The quantitative estimate of drug-likeness (QED) is 0.489. The molecular formula is C23H22FN3O2. The van der Waals surface area contributed by atoms with Crippen molar-refractivity contribution in [1.82, 2.24) is 9.55 Å². The van der Waals surface area contributed by atoms with Gasteiger partial charge in [0.2, 0.25) is 5.95 Å². The van der Waals surface area contributed by atoms with Crippen molar-refractivity contribution >= 4 is 17.0 Å². The van der Waals surface area contributed by atoms with Gasteiger partial charge < -0.3 is 19.4 Å². The average molecular weight is 391 g/mol. The predicted molar refractivity (Wildman–Crippen MR) is 112 cm³/mol. The number of benzene rings is 3. The number of rotatable bonds is 7. The minimum Gasteiger partial charge on any atom is -0.493 e. The van der Waals surface area contributed by atoms with E-state index in [0.717, 1.165) is 28.1 Å². The molecule has 0 atom stereocenters. The lowest BCUT2D eigenvalue weighted by Gasteiger charge is -2.13. The summed E-state index contributed by atoms with van der Waals surface area (Å²) in [6, 6.07) is 20.3. The maximum atomic E-state index is 13.3. The first-order valence-corrected chi connectivity index (χ1v) is 9.32. The third-order valence-corrected chi connectivity index (χ3v) is 4.81. The molecule has 3 aromatic carbocycles. The van der Waals surface area contributed by atoms with Crippen molar-refractivity contribution in [3.63, 3.8) is 0 Å². The number of methoxy groups -OCH3 is 2. The van der Waals surface area contributed by atoms with E-state index in [1.807, 2.05) is 42.5 Å². The third-order valence-electron chi connectivity index (χ3n) is 4.81. The molecule has 0 saturated carbocycles. The zero-order chi connectivity index (χ0) is 20.2. The van der Waals surface area contributed by atoms with E-state index in [1.165, 1.54) is 12.1 Å². The maximum absolute atomic E-state index is 13.3. The normalized spacial score (nSPS) is 10.9. The second kappa shape index (κ2) is 8.22. The number of halogens is 1. The van der Waals surface area contributed by atoms with Gasteiger partial charge in [-0.1, -0.05) is 30.3 Å². The fraction of sp³-hybridized carbons (Fsp3) is 0.174. The molecule has 0 fully saturated rings. The van der Waals surface area contributed by atoms with E-state index in [0.29, 0.717) is 24.6 Å². The van der Waals surface area contributed by atoms with Gasteiger partial charge in [0.15, 0.2) is 11.5 Å². The number of para-hydroxylation sites is 2. The molecule has 1 N–H and O–H groups in total. The van der Waals surface area contributed by atoms with Gasteiger partial charge in [-0.05, 0) is 47.5 Å². The average Bonchev–Trinajstić information content (AvgIpc) is 3.11. The predicted octanol–water partition coefficient (Wildman–Crippen LogP) is 4.85. The zero-order valence-electron chi connectivity index (χ0n) is 16.4. The molecule has 5 nitrogen and oxygen atoms in total. The molecule has 0 aliphatic carbocycles. The lowest BCUT2D eigenvalue weighted by atomic mass is 10.2. The van der Waals surface area contributed by atoms with Crippen LogP contribution in [0.2, 0.25) is 0 Å². The molecule has 0 amide bonds. The second-order valence-corrected chi connectivity index (χ2v) is 6.68. The summed E-state index contributed by atoms with van der Waals surface area (Å²) < 4.78 is 26.1. The molecule has 4 aromatic rings. The molecule has 0 saturated heterocycles.